The first-order chi connectivity index (χ1) is 12.6. The molecule has 1 amide bonds. The number of amides is 1. The van der Waals surface area contributed by atoms with E-state index < -0.39 is 0 Å². The largest absolute Gasteiger partial charge is 0.491 e. The molecule has 5 heteroatoms. The average Bonchev–Trinajstić information content (AvgIpc) is 2.78. The maximum Gasteiger partial charge on any atom is 0.233 e. The molecule has 0 saturated heterocycles. The van der Waals surface area contributed by atoms with Crippen LogP contribution in [0, 0.1) is 5.92 Å². The third-order valence-corrected chi connectivity index (χ3v) is 4.61. The van der Waals surface area contributed by atoms with Crippen LogP contribution in [0.1, 0.15) is 31.0 Å². The predicted octanol–water partition coefficient (Wildman–Crippen LogP) is 3.61. The molecule has 0 spiro atoms. The molecular formula is C21H26N2O3. The van der Waals surface area contributed by atoms with E-state index in [0.29, 0.717) is 13.2 Å². The number of fused-ring (bicyclic) bond motifs is 1. The van der Waals surface area contributed by atoms with E-state index in [4.69, 9.17) is 9.47 Å². The summed E-state index contributed by atoms with van der Waals surface area (Å²) < 4.78 is 11.4. The van der Waals surface area contributed by atoms with Crippen LogP contribution in [-0.4, -0.2) is 31.2 Å². The van der Waals surface area contributed by atoms with E-state index in [-0.39, 0.29) is 11.8 Å². The second-order valence-electron chi connectivity index (χ2n) is 6.74. The van der Waals surface area contributed by atoms with Gasteiger partial charge in [-0.15, -0.1) is 0 Å². The van der Waals surface area contributed by atoms with Crippen molar-refractivity contribution in [2.24, 2.45) is 5.92 Å². The molecule has 1 aliphatic heterocycles. The Bertz CT molecular complexity index is 733. The molecule has 0 N–H and O–H groups in total. The maximum absolute atomic E-state index is 12.3. The third kappa shape index (κ3) is 4.61. The van der Waals surface area contributed by atoms with E-state index in [9.17, 15) is 4.79 Å². The summed E-state index contributed by atoms with van der Waals surface area (Å²) in [6.45, 7) is 3.61. The molecule has 1 atom stereocenters. The van der Waals surface area contributed by atoms with Gasteiger partial charge in [-0.2, -0.15) is 0 Å². The van der Waals surface area contributed by atoms with Crippen molar-refractivity contribution in [3.8, 4) is 5.75 Å². The zero-order valence-electron chi connectivity index (χ0n) is 15.5. The Hall–Kier alpha value is -2.40. The van der Waals surface area contributed by atoms with Crippen molar-refractivity contribution < 1.29 is 14.3 Å². The molecule has 1 aromatic heterocycles. The van der Waals surface area contributed by atoms with Crippen LogP contribution < -0.4 is 9.64 Å². The fourth-order valence-electron chi connectivity index (χ4n) is 3.03. The van der Waals surface area contributed by atoms with E-state index in [1.165, 1.54) is 5.56 Å². The number of hydrogen-bond donors (Lipinski definition) is 0. The Morgan fingerprint density at radius 1 is 1.27 bits per heavy atom. The minimum atomic E-state index is -0.118. The topological polar surface area (TPSA) is 51.7 Å². The molecule has 0 aliphatic carbocycles. The summed E-state index contributed by atoms with van der Waals surface area (Å²) >= 11 is 0. The first kappa shape index (κ1) is 18.4. The number of rotatable bonds is 7. The van der Waals surface area contributed by atoms with Gasteiger partial charge in [-0.1, -0.05) is 19.1 Å². The molecule has 2 heterocycles. The van der Waals surface area contributed by atoms with Gasteiger partial charge < -0.3 is 14.4 Å². The number of carbonyl (C=O) groups excluding carboxylic acids is 1. The molecule has 0 saturated carbocycles. The molecule has 1 aromatic carbocycles. The number of unbranched alkanes of at least 4 members (excludes halogenated alkanes) is 1. The number of hydrogen-bond acceptors (Lipinski definition) is 4. The number of aromatic nitrogens is 1. The maximum atomic E-state index is 12.3. The van der Waals surface area contributed by atoms with Gasteiger partial charge in [0.15, 0.2) is 0 Å². The van der Waals surface area contributed by atoms with Crippen molar-refractivity contribution >= 4 is 11.6 Å². The lowest BCUT2D eigenvalue weighted by Crippen LogP contribution is -2.31. The molecule has 1 aliphatic rings. The number of carbonyl (C=O) groups is 1. The van der Waals surface area contributed by atoms with Crippen molar-refractivity contribution in [2.75, 3.05) is 25.2 Å². The Morgan fingerprint density at radius 2 is 2.15 bits per heavy atom. The van der Waals surface area contributed by atoms with Crippen LogP contribution in [0.4, 0.5) is 5.69 Å². The summed E-state index contributed by atoms with van der Waals surface area (Å²) in [6, 6.07) is 12.0. The minimum Gasteiger partial charge on any atom is -0.491 e. The molecule has 0 bridgehead atoms. The van der Waals surface area contributed by atoms with Gasteiger partial charge >= 0.3 is 0 Å². The first-order valence-corrected chi connectivity index (χ1v) is 9.16. The third-order valence-electron chi connectivity index (χ3n) is 4.61. The first-order valence-electron chi connectivity index (χ1n) is 9.16. The van der Waals surface area contributed by atoms with Gasteiger partial charge in [0.05, 0.1) is 30.5 Å². The second-order valence-corrected chi connectivity index (χ2v) is 6.74. The van der Waals surface area contributed by atoms with Crippen LogP contribution in [0.2, 0.25) is 0 Å². The van der Waals surface area contributed by atoms with Crippen LogP contribution in [0.15, 0.2) is 42.6 Å². The predicted molar refractivity (Wildman–Crippen MR) is 101 cm³/mol. The van der Waals surface area contributed by atoms with Crippen LogP contribution in [-0.2, 0) is 22.6 Å². The Morgan fingerprint density at radius 3 is 2.96 bits per heavy atom. The zero-order valence-corrected chi connectivity index (χ0v) is 15.5. The summed E-state index contributed by atoms with van der Waals surface area (Å²) in [5.41, 5.74) is 3.04. The molecule has 5 nitrogen and oxygen atoms in total. The Labute approximate surface area is 155 Å². The quantitative estimate of drug-likeness (QED) is 0.713. The van der Waals surface area contributed by atoms with Crippen LogP contribution in [0.25, 0.3) is 0 Å². The highest BCUT2D eigenvalue weighted by atomic mass is 16.5. The van der Waals surface area contributed by atoms with E-state index in [0.717, 1.165) is 43.0 Å². The number of pyridine rings is 1. The Kier molecular flexibility index (Phi) is 6.23. The molecule has 0 unspecified atom stereocenters. The van der Waals surface area contributed by atoms with Gasteiger partial charge in [-0.3, -0.25) is 9.78 Å². The molecule has 0 fully saturated rings. The fourth-order valence-corrected chi connectivity index (χ4v) is 3.03. The Balaban J connectivity index is 1.46. The van der Waals surface area contributed by atoms with Crippen LogP contribution in [0.3, 0.4) is 0 Å². The zero-order chi connectivity index (χ0) is 18.4. The standard InChI is InChI=1S/C21H26N2O3/c1-16-14-26-20-10-9-17(13-19(20)23(2)21(16)24)7-4-6-12-25-15-18-8-3-5-11-22-18/h3,5,8-11,13,16H,4,6-7,12,14-15H2,1-2H3/t16-/m0/s1. The smallest absolute Gasteiger partial charge is 0.233 e. The summed E-state index contributed by atoms with van der Waals surface area (Å²) in [5, 5.41) is 0. The molecule has 2 aromatic rings. The van der Waals surface area contributed by atoms with Crippen molar-refractivity contribution in [1.82, 2.24) is 4.98 Å². The number of ether oxygens (including phenoxy) is 2. The average molecular weight is 354 g/mol. The van der Waals surface area contributed by atoms with Crippen molar-refractivity contribution in [3.63, 3.8) is 0 Å². The normalized spacial score (nSPS) is 16.8. The van der Waals surface area contributed by atoms with Gasteiger partial charge in [-0.25, -0.2) is 0 Å². The van der Waals surface area contributed by atoms with Crippen molar-refractivity contribution in [1.29, 1.82) is 0 Å². The summed E-state index contributed by atoms with van der Waals surface area (Å²) in [7, 11) is 1.82. The summed E-state index contributed by atoms with van der Waals surface area (Å²) in [5.74, 6) is 0.767. The number of nitrogens with zero attached hydrogens (tertiary/aromatic N) is 2. The van der Waals surface area contributed by atoms with Gasteiger partial charge in [0, 0.05) is 19.9 Å². The summed E-state index contributed by atoms with van der Waals surface area (Å²) in [6.07, 6.45) is 4.77. The van der Waals surface area contributed by atoms with E-state index in [2.05, 4.69) is 17.1 Å². The monoisotopic (exact) mass is 354 g/mol. The van der Waals surface area contributed by atoms with Crippen molar-refractivity contribution in [2.45, 2.75) is 32.8 Å². The van der Waals surface area contributed by atoms with Crippen molar-refractivity contribution in [3.05, 3.63) is 53.9 Å². The highest BCUT2D eigenvalue weighted by Gasteiger charge is 2.25. The van der Waals surface area contributed by atoms with Gasteiger partial charge in [-0.05, 0) is 49.1 Å². The molecule has 26 heavy (non-hydrogen) atoms. The lowest BCUT2D eigenvalue weighted by atomic mass is 10.1. The van der Waals surface area contributed by atoms with E-state index >= 15 is 0 Å². The molecule has 138 valence electrons. The number of benzene rings is 1. The van der Waals surface area contributed by atoms with Gasteiger partial charge in [0.25, 0.3) is 0 Å². The van der Waals surface area contributed by atoms with Crippen LogP contribution in [0.5, 0.6) is 5.75 Å². The van der Waals surface area contributed by atoms with Crippen LogP contribution >= 0.6 is 0 Å². The second kappa shape index (κ2) is 8.81. The molecule has 3 rings (SSSR count). The van der Waals surface area contributed by atoms with E-state index in [1.54, 1.807) is 11.1 Å². The fraction of sp³-hybridized carbons (Fsp3) is 0.429. The van der Waals surface area contributed by atoms with Gasteiger partial charge in [0.1, 0.15) is 5.75 Å². The molecule has 0 radical (unpaired) electrons. The summed E-state index contributed by atoms with van der Waals surface area (Å²) in [4.78, 5) is 18.2. The van der Waals surface area contributed by atoms with E-state index in [1.807, 2.05) is 38.2 Å². The molecular weight excluding hydrogens is 328 g/mol. The van der Waals surface area contributed by atoms with Gasteiger partial charge in [0.2, 0.25) is 5.91 Å². The SMILES string of the molecule is C[C@H]1COc2ccc(CCCCOCc3ccccn3)cc2N(C)C1=O. The lowest BCUT2D eigenvalue weighted by molar-refractivity contribution is -0.122. The number of anilines is 1. The number of aryl methyl sites for hydroxylation is 1. The lowest BCUT2D eigenvalue weighted by Gasteiger charge is -2.18. The minimum absolute atomic E-state index is 0.101. The highest BCUT2D eigenvalue weighted by molar-refractivity contribution is 5.96. The highest BCUT2D eigenvalue weighted by Crippen LogP contribution is 2.33.